The van der Waals surface area contributed by atoms with Crippen LogP contribution in [0.25, 0.3) is 0 Å². The summed E-state index contributed by atoms with van der Waals surface area (Å²) in [7, 11) is 2.14. The Morgan fingerprint density at radius 1 is 1.35 bits per heavy atom. The smallest absolute Gasteiger partial charge is 0.0674 e. The third-order valence-corrected chi connectivity index (χ3v) is 5.54. The van der Waals surface area contributed by atoms with Crippen molar-refractivity contribution in [3.8, 4) is 0 Å². The Bertz CT molecular complexity index is 305. The van der Waals surface area contributed by atoms with Crippen molar-refractivity contribution in [2.24, 2.45) is 11.3 Å². The molecular formula is C17H34N2O. The molecule has 0 aromatic rings. The number of hydrogen-bond acceptors (Lipinski definition) is 3. The summed E-state index contributed by atoms with van der Waals surface area (Å²) in [4.78, 5) is 2.70. The summed E-state index contributed by atoms with van der Waals surface area (Å²) in [5.74, 6) is 0.781. The van der Waals surface area contributed by atoms with Gasteiger partial charge < -0.3 is 10.1 Å². The van der Waals surface area contributed by atoms with Crippen LogP contribution in [0.5, 0.6) is 0 Å². The van der Waals surface area contributed by atoms with Gasteiger partial charge in [0, 0.05) is 25.2 Å². The molecule has 2 rings (SSSR count). The van der Waals surface area contributed by atoms with Gasteiger partial charge in [-0.2, -0.15) is 0 Å². The van der Waals surface area contributed by atoms with Crippen molar-refractivity contribution in [2.75, 3.05) is 26.7 Å². The van der Waals surface area contributed by atoms with E-state index in [4.69, 9.17) is 4.74 Å². The maximum Gasteiger partial charge on any atom is 0.0674 e. The average molecular weight is 282 g/mol. The van der Waals surface area contributed by atoms with Crippen LogP contribution >= 0.6 is 0 Å². The summed E-state index contributed by atoms with van der Waals surface area (Å²) in [6, 6.07) is 1.26. The standard InChI is InChI=1S/C17H34N2O/c1-6-15-12-20-13(2)10-19(15)11-14-8-7-9-17(3,4)16(14)18-5/h13-16,18H,6-12H2,1-5H3. The zero-order valence-electron chi connectivity index (χ0n) is 14.1. The molecule has 2 fully saturated rings. The van der Waals surface area contributed by atoms with Crippen molar-refractivity contribution < 1.29 is 4.74 Å². The summed E-state index contributed by atoms with van der Waals surface area (Å²) in [6.07, 6.45) is 5.70. The van der Waals surface area contributed by atoms with Gasteiger partial charge in [0.25, 0.3) is 0 Å². The molecule has 0 aromatic carbocycles. The molecule has 4 atom stereocenters. The highest BCUT2D eigenvalue weighted by Gasteiger charge is 2.39. The van der Waals surface area contributed by atoms with Crippen LogP contribution in [0, 0.1) is 11.3 Å². The van der Waals surface area contributed by atoms with Crippen LogP contribution in [0.15, 0.2) is 0 Å². The van der Waals surface area contributed by atoms with Crippen LogP contribution in [0.2, 0.25) is 0 Å². The van der Waals surface area contributed by atoms with Crippen molar-refractivity contribution in [2.45, 2.75) is 71.6 Å². The molecule has 4 unspecified atom stereocenters. The number of nitrogens with zero attached hydrogens (tertiary/aromatic N) is 1. The number of ether oxygens (including phenoxy) is 1. The normalized spacial score (nSPS) is 38.9. The third-order valence-electron chi connectivity index (χ3n) is 5.54. The van der Waals surface area contributed by atoms with Gasteiger partial charge in [-0.15, -0.1) is 0 Å². The Balaban J connectivity index is 2.02. The molecule has 3 nitrogen and oxygen atoms in total. The minimum absolute atomic E-state index is 0.391. The van der Waals surface area contributed by atoms with E-state index in [1.54, 1.807) is 0 Å². The summed E-state index contributed by atoms with van der Waals surface area (Å²) in [5.41, 5.74) is 0.428. The maximum atomic E-state index is 5.84. The lowest BCUT2D eigenvalue weighted by Gasteiger charge is -2.47. The Labute approximate surface area is 125 Å². The van der Waals surface area contributed by atoms with Gasteiger partial charge in [0.15, 0.2) is 0 Å². The second kappa shape index (κ2) is 6.76. The fourth-order valence-corrected chi connectivity index (χ4v) is 4.42. The molecule has 2 aliphatic rings. The van der Waals surface area contributed by atoms with E-state index in [1.165, 1.54) is 32.2 Å². The molecule has 1 saturated carbocycles. The molecular weight excluding hydrogens is 248 g/mol. The van der Waals surface area contributed by atoms with Crippen molar-refractivity contribution in [3.05, 3.63) is 0 Å². The summed E-state index contributed by atoms with van der Waals surface area (Å²) >= 11 is 0. The first kappa shape index (κ1) is 16.3. The summed E-state index contributed by atoms with van der Waals surface area (Å²) in [6.45, 7) is 12.6. The molecule has 1 heterocycles. The first-order chi connectivity index (χ1) is 9.47. The van der Waals surface area contributed by atoms with Crippen molar-refractivity contribution in [3.63, 3.8) is 0 Å². The lowest BCUT2D eigenvalue weighted by molar-refractivity contribution is -0.0672. The number of morpholine rings is 1. The van der Waals surface area contributed by atoms with Gasteiger partial charge in [-0.3, -0.25) is 4.90 Å². The molecule has 20 heavy (non-hydrogen) atoms. The molecule has 1 aliphatic carbocycles. The van der Waals surface area contributed by atoms with E-state index < -0.39 is 0 Å². The largest absolute Gasteiger partial charge is 0.376 e. The second-order valence-corrected chi connectivity index (χ2v) is 7.57. The molecule has 118 valence electrons. The fourth-order valence-electron chi connectivity index (χ4n) is 4.42. The number of nitrogens with one attached hydrogen (secondary N) is 1. The quantitative estimate of drug-likeness (QED) is 0.858. The van der Waals surface area contributed by atoms with Crippen molar-refractivity contribution >= 4 is 0 Å². The van der Waals surface area contributed by atoms with E-state index in [0.717, 1.165) is 19.1 Å². The van der Waals surface area contributed by atoms with Gasteiger partial charge in [0.2, 0.25) is 0 Å². The van der Waals surface area contributed by atoms with Gasteiger partial charge in [-0.25, -0.2) is 0 Å². The van der Waals surface area contributed by atoms with Crippen molar-refractivity contribution in [1.29, 1.82) is 0 Å². The lowest BCUT2D eigenvalue weighted by atomic mass is 9.67. The Morgan fingerprint density at radius 2 is 2.10 bits per heavy atom. The lowest BCUT2D eigenvalue weighted by Crippen LogP contribution is -2.56. The SMILES string of the molecule is CCC1COC(C)CN1CC1CCCC(C)(C)C1NC. The van der Waals surface area contributed by atoms with E-state index in [0.29, 0.717) is 23.6 Å². The Hall–Kier alpha value is -0.120. The molecule has 3 heteroatoms. The second-order valence-electron chi connectivity index (χ2n) is 7.57. The third kappa shape index (κ3) is 3.55. The first-order valence-corrected chi connectivity index (χ1v) is 8.50. The first-order valence-electron chi connectivity index (χ1n) is 8.50. The zero-order valence-corrected chi connectivity index (χ0v) is 14.1. The maximum absolute atomic E-state index is 5.84. The van der Waals surface area contributed by atoms with E-state index in [-0.39, 0.29) is 0 Å². The minimum atomic E-state index is 0.391. The van der Waals surface area contributed by atoms with Crippen LogP contribution in [0.3, 0.4) is 0 Å². The average Bonchev–Trinajstić information content (AvgIpc) is 2.38. The molecule has 1 saturated heterocycles. The van der Waals surface area contributed by atoms with E-state index >= 15 is 0 Å². The highest BCUT2D eigenvalue weighted by atomic mass is 16.5. The van der Waals surface area contributed by atoms with E-state index in [2.05, 4.69) is 45.0 Å². The fraction of sp³-hybridized carbons (Fsp3) is 1.00. The molecule has 0 bridgehead atoms. The molecule has 0 radical (unpaired) electrons. The van der Waals surface area contributed by atoms with Gasteiger partial charge in [-0.1, -0.05) is 27.2 Å². The van der Waals surface area contributed by atoms with Crippen LogP contribution in [0.1, 0.15) is 53.4 Å². The molecule has 0 spiro atoms. The Morgan fingerprint density at radius 3 is 2.75 bits per heavy atom. The highest BCUT2D eigenvalue weighted by Crippen LogP contribution is 2.39. The van der Waals surface area contributed by atoms with Gasteiger partial charge in [-0.05, 0) is 44.6 Å². The monoisotopic (exact) mass is 282 g/mol. The van der Waals surface area contributed by atoms with E-state index in [1.807, 2.05) is 0 Å². The number of rotatable bonds is 4. The topological polar surface area (TPSA) is 24.5 Å². The zero-order chi connectivity index (χ0) is 14.8. The van der Waals surface area contributed by atoms with E-state index in [9.17, 15) is 0 Å². The van der Waals surface area contributed by atoms with Gasteiger partial charge in [0.05, 0.1) is 12.7 Å². The van der Waals surface area contributed by atoms with Gasteiger partial charge >= 0.3 is 0 Å². The predicted molar refractivity (Wildman–Crippen MR) is 85.0 cm³/mol. The predicted octanol–water partition coefficient (Wildman–Crippen LogP) is 2.90. The molecule has 0 aromatic heterocycles. The minimum Gasteiger partial charge on any atom is -0.376 e. The van der Waals surface area contributed by atoms with Crippen molar-refractivity contribution in [1.82, 2.24) is 10.2 Å². The van der Waals surface area contributed by atoms with Crippen LogP contribution in [-0.4, -0.2) is 49.8 Å². The molecule has 1 N–H and O–H groups in total. The number of hydrogen-bond donors (Lipinski definition) is 1. The summed E-state index contributed by atoms with van der Waals surface area (Å²) < 4.78 is 5.84. The Kier molecular flexibility index (Phi) is 5.49. The van der Waals surface area contributed by atoms with Crippen LogP contribution in [0.4, 0.5) is 0 Å². The van der Waals surface area contributed by atoms with Gasteiger partial charge in [0.1, 0.15) is 0 Å². The van der Waals surface area contributed by atoms with Crippen LogP contribution < -0.4 is 5.32 Å². The molecule has 1 aliphatic heterocycles. The highest BCUT2D eigenvalue weighted by molar-refractivity contribution is 4.94. The van der Waals surface area contributed by atoms with Crippen LogP contribution in [-0.2, 0) is 4.74 Å². The molecule has 0 amide bonds. The summed E-state index contributed by atoms with van der Waals surface area (Å²) in [5, 5.41) is 3.62.